The molecule has 0 spiro atoms. The van der Waals surface area contributed by atoms with Crippen LogP contribution in [-0.4, -0.2) is 11.8 Å². The normalized spacial score (nSPS) is 10.2. The number of amides is 2. The molecule has 0 aromatic heterocycles. The summed E-state index contributed by atoms with van der Waals surface area (Å²) in [5.41, 5.74) is 5.05. The molecule has 0 saturated heterocycles. The molecule has 0 bridgehead atoms. The molecule has 5 nitrogen and oxygen atoms in total. The molecular weight excluding hydrogens is 350 g/mol. The maximum atomic E-state index is 12.3. The molecule has 2 amide bonds. The standard InChI is InChI=1S/C23H23N3O2/c1-3-17-9-7-8-16(2)21(17)26-23(28)22(27)25-20-14-12-19(13-15-20)24-18-10-5-4-6-11-18/h4-15,24H,3H2,1-2H3,(H,25,27)(H,26,28). The average Bonchev–Trinajstić information content (AvgIpc) is 2.71. The summed E-state index contributed by atoms with van der Waals surface area (Å²) in [5, 5.41) is 8.63. The van der Waals surface area contributed by atoms with Crippen LogP contribution in [-0.2, 0) is 16.0 Å². The molecule has 0 atom stereocenters. The van der Waals surface area contributed by atoms with Crippen LogP contribution >= 0.6 is 0 Å². The van der Waals surface area contributed by atoms with Crippen LogP contribution in [0.5, 0.6) is 0 Å². The van der Waals surface area contributed by atoms with Gasteiger partial charge in [-0.3, -0.25) is 9.59 Å². The quantitative estimate of drug-likeness (QED) is 0.558. The molecule has 5 heteroatoms. The van der Waals surface area contributed by atoms with Gasteiger partial charge in [0.15, 0.2) is 0 Å². The summed E-state index contributed by atoms with van der Waals surface area (Å²) in [4.78, 5) is 24.6. The fourth-order valence-electron chi connectivity index (χ4n) is 2.89. The molecule has 0 aliphatic rings. The summed E-state index contributed by atoms with van der Waals surface area (Å²) in [7, 11) is 0. The predicted molar refractivity (Wildman–Crippen MR) is 114 cm³/mol. The molecule has 0 heterocycles. The Morgan fingerprint density at radius 3 is 2.00 bits per heavy atom. The van der Waals surface area contributed by atoms with E-state index in [0.29, 0.717) is 11.4 Å². The smallest absolute Gasteiger partial charge is 0.314 e. The van der Waals surface area contributed by atoms with Crippen LogP contribution in [0.2, 0.25) is 0 Å². The molecule has 3 N–H and O–H groups in total. The number of nitrogens with one attached hydrogen (secondary N) is 3. The van der Waals surface area contributed by atoms with Crippen molar-refractivity contribution in [1.82, 2.24) is 0 Å². The highest BCUT2D eigenvalue weighted by Gasteiger charge is 2.16. The lowest BCUT2D eigenvalue weighted by Crippen LogP contribution is -2.29. The first-order valence-electron chi connectivity index (χ1n) is 9.19. The molecule has 0 aliphatic carbocycles. The highest BCUT2D eigenvalue weighted by molar-refractivity contribution is 6.43. The Balaban J connectivity index is 1.62. The minimum atomic E-state index is -0.700. The number of anilines is 4. The summed E-state index contributed by atoms with van der Waals surface area (Å²) >= 11 is 0. The second-order valence-electron chi connectivity index (χ2n) is 6.44. The minimum Gasteiger partial charge on any atom is -0.356 e. The predicted octanol–water partition coefficient (Wildman–Crippen LogP) is 4.88. The number of hydrogen-bond donors (Lipinski definition) is 3. The first-order chi connectivity index (χ1) is 13.6. The van der Waals surface area contributed by atoms with Gasteiger partial charge in [0, 0.05) is 22.7 Å². The first-order valence-corrected chi connectivity index (χ1v) is 9.19. The third-order valence-corrected chi connectivity index (χ3v) is 4.39. The van der Waals surface area contributed by atoms with E-state index in [9.17, 15) is 9.59 Å². The van der Waals surface area contributed by atoms with Gasteiger partial charge in [-0.2, -0.15) is 0 Å². The Labute approximate surface area is 164 Å². The Bertz CT molecular complexity index is 967. The second kappa shape index (κ2) is 8.86. The van der Waals surface area contributed by atoms with Crippen molar-refractivity contribution in [3.8, 4) is 0 Å². The van der Waals surface area contributed by atoms with Crippen LogP contribution in [0, 0.1) is 6.92 Å². The van der Waals surface area contributed by atoms with E-state index < -0.39 is 11.8 Å². The van der Waals surface area contributed by atoms with E-state index in [1.165, 1.54) is 0 Å². The zero-order chi connectivity index (χ0) is 19.9. The van der Waals surface area contributed by atoms with Crippen molar-refractivity contribution in [2.45, 2.75) is 20.3 Å². The van der Waals surface area contributed by atoms with Crippen molar-refractivity contribution >= 4 is 34.6 Å². The molecule has 0 unspecified atom stereocenters. The van der Waals surface area contributed by atoms with E-state index in [1.807, 2.05) is 74.5 Å². The highest BCUT2D eigenvalue weighted by Crippen LogP contribution is 2.21. The maximum absolute atomic E-state index is 12.3. The molecule has 0 aliphatic heterocycles. The molecule has 3 aromatic rings. The lowest BCUT2D eigenvalue weighted by Gasteiger charge is -2.13. The molecular formula is C23H23N3O2. The summed E-state index contributed by atoms with van der Waals surface area (Å²) in [6.45, 7) is 3.92. The van der Waals surface area contributed by atoms with E-state index in [-0.39, 0.29) is 0 Å². The van der Waals surface area contributed by atoms with Gasteiger partial charge in [0.1, 0.15) is 0 Å². The van der Waals surface area contributed by atoms with Crippen molar-refractivity contribution < 1.29 is 9.59 Å². The van der Waals surface area contributed by atoms with Crippen molar-refractivity contribution in [2.24, 2.45) is 0 Å². The zero-order valence-corrected chi connectivity index (χ0v) is 16.0. The number of aryl methyl sites for hydroxylation is 2. The summed E-state index contributed by atoms with van der Waals surface area (Å²) in [6, 6.07) is 22.8. The van der Waals surface area contributed by atoms with E-state index in [4.69, 9.17) is 0 Å². The number of benzene rings is 3. The molecule has 142 valence electrons. The van der Waals surface area contributed by atoms with Gasteiger partial charge >= 0.3 is 11.8 Å². The van der Waals surface area contributed by atoms with Gasteiger partial charge in [0.25, 0.3) is 0 Å². The number of hydrogen-bond acceptors (Lipinski definition) is 3. The minimum absolute atomic E-state index is 0.555. The van der Waals surface area contributed by atoms with Gasteiger partial charge in [-0.15, -0.1) is 0 Å². The third kappa shape index (κ3) is 4.76. The molecule has 0 fully saturated rings. The highest BCUT2D eigenvalue weighted by atomic mass is 16.2. The van der Waals surface area contributed by atoms with Gasteiger partial charge in [-0.1, -0.05) is 43.3 Å². The topological polar surface area (TPSA) is 70.2 Å². The van der Waals surface area contributed by atoms with Crippen molar-refractivity contribution in [2.75, 3.05) is 16.0 Å². The number of rotatable bonds is 5. The molecule has 0 saturated carbocycles. The van der Waals surface area contributed by atoms with Gasteiger partial charge in [0.05, 0.1) is 0 Å². The summed E-state index contributed by atoms with van der Waals surface area (Å²) in [6.07, 6.45) is 0.773. The summed E-state index contributed by atoms with van der Waals surface area (Å²) in [5.74, 6) is -1.38. The summed E-state index contributed by atoms with van der Waals surface area (Å²) < 4.78 is 0. The van der Waals surface area contributed by atoms with Crippen molar-refractivity contribution in [1.29, 1.82) is 0 Å². The van der Waals surface area contributed by atoms with Crippen LogP contribution in [0.4, 0.5) is 22.7 Å². The Morgan fingerprint density at radius 2 is 1.32 bits per heavy atom. The number of carbonyl (C=O) groups is 2. The van der Waals surface area contributed by atoms with E-state index in [2.05, 4.69) is 16.0 Å². The second-order valence-corrected chi connectivity index (χ2v) is 6.44. The average molecular weight is 373 g/mol. The van der Waals surface area contributed by atoms with Crippen LogP contribution in [0.3, 0.4) is 0 Å². The van der Waals surface area contributed by atoms with Crippen LogP contribution < -0.4 is 16.0 Å². The van der Waals surface area contributed by atoms with Crippen LogP contribution in [0.1, 0.15) is 18.1 Å². The van der Waals surface area contributed by atoms with Crippen molar-refractivity contribution in [3.05, 3.63) is 83.9 Å². The number of carbonyl (C=O) groups excluding carboxylic acids is 2. The zero-order valence-electron chi connectivity index (χ0n) is 16.0. The molecule has 28 heavy (non-hydrogen) atoms. The van der Waals surface area contributed by atoms with Crippen molar-refractivity contribution in [3.63, 3.8) is 0 Å². The lowest BCUT2D eigenvalue weighted by atomic mass is 10.1. The van der Waals surface area contributed by atoms with Gasteiger partial charge < -0.3 is 16.0 Å². The molecule has 0 radical (unpaired) electrons. The molecule has 3 aromatic carbocycles. The van der Waals surface area contributed by atoms with Gasteiger partial charge in [-0.25, -0.2) is 0 Å². The number of para-hydroxylation sites is 2. The fraction of sp³-hybridized carbons (Fsp3) is 0.130. The SMILES string of the molecule is CCc1cccc(C)c1NC(=O)C(=O)Nc1ccc(Nc2ccccc2)cc1. The third-order valence-electron chi connectivity index (χ3n) is 4.39. The fourth-order valence-corrected chi connectivity index (χ4v) is 2.89. The Hall–Kier alpha value is -3.60. The largest absolute Gasteiger partial charge is 0.356 e. The van der Waals surface area contributed by atoms with E-state index >= 15 is 0 Å². The first kappa shape index (κ1) is 19.2. The van der Waals surface area contributed by atoms with Gasteiger partial charge in [-0.05, 0) is 60.9 Å². The Kier molecular flexibility index (Phi) is 6.07. The van der Waals surface area contributed by atoms with E-state index in [1.54, 1.807) is 12.1 Å². The van der Waals surface area contributed by atoms with E-state index in [0.717, 1.165) is 28.9 Å². The Morgan fingerprint density at radius 1 is 0.714 bits per heavy atom. The van der Waals surface area contributed by atoms with Crippen LogP contribution in [0.15, 0.2) is 72.8 Å². The maximum Gasteiger partial charge on any atom is 0.314 e. The monoisotopic (exact) mass is 373 g/mol. The molecule has 3 rings (SSSR count). The van der Waals surface area contributed by atoms with Crippen LogP contribution in [0.25, 0.3) is 0 Å². The van der Waals surface area contributed by atoms with Gasteiger partial charge in [0.2, 0.25) is 0 Å². The lowest BCUT2D eigenvalue weighted by molar-refractivity contribution is -0.133.